The number of carbonyl (C=O) groups excluding carboxylic acids is 1. The van der Waals surface area contributed by atoms with Crippen LogP contribution in [0.1, 0.15) is 17.5 Å². The van der Waals surface area contributed by atoms with Gasteiger partial charge in [0.25, 0.3) is 0 Å². The van der Waals surface area contributed by atoms with Crippen molar-refractivity contribution in [1.29, 1.82) is 5.26 Å². The van der Waals surface area contributed by atoms with Crippen LogP contribution in [0, 0.1) is 18.3 Å². The predicted molar refractivity (Wildman–Crippen MR) is 64.8 cm³/mol. The molecule has 0 aliphatic carbocycles. The zero-order valence-corrected chi connectivity index (χ0v) is 10.5. The van der Waals surface area contributed by atoms with Crippen molar-refractivity contribution >= 4 is 17.5 Å². The molecule has 0 aromatic heterocycles. The molecule has 17 heavy (non-hydrogen) atoms. The lowest BCUT2D eigenvalue weighted by Gasteiger charge is -2.11. The standard InChI is InChI=1S/C12H13ClN2O2/c1-8-5-11(17-2)9(6-10(8)13)7-15-12(16)3-4-14/h5-6H,3,7H2,1-2H3,(H,15,16). The first-order valence-corrected chi connectivity index (χ1v) is 5.43. The van der Waals surface area contributed by atoms with E-state index in [9.17, 15) is 4.79 Å². The minimum Gasteiger partial charge on any atom is -0.496 e. The molecule has 0 spiro atoms. The Bertz CT molecular complexity index is 466. The number of amides is 1. The number of methoxy groups -OCH3 is 1. The van der Waals surface area contributed by atoms with Gasteiger partial charge in [0.2, 0.25) is 5.91 Å². The summed E-state index contributed by atoms with van der Waals surface area (Å²) >= 11 is 6.00. The molecule has 90 valence electrons. The van der Waals surface area contributed by atoms with Gasteiger partial charge in [0.05, 0.1) is 13.2 Å². The van der Waals surface area contributed by atoms with E-state index in [1.807, 2.05) is 13.0 Å². The van der Waals surface area contributed by atoms with Crippen LogP contribution in [-0.2, 0) is 11.3 Å². The maximum absolute atomic E-state index is 11.2. The smallest absolute Gasteiger partial charge is 0.234 e. The number of aryl methyl sites for hydroxylation is 1. The Labute approximate surface area is 105 Å². The Morgan fingerprint density at radius 3 is 2.88 bits per heavy atom. The van der Waals surface area contributed by atoms with E-state index in [2.05, 4.69) is 5.32 Å². The van der Waals surface area contributed by atoms with Crippen LogP contribution in [0.4, 0.5) is 0 Å². The third-order valence-corrected chi connectivity index (χ3v) is 2.68. The maximum atomic E-state index is 11.2. The molecule has 0 unspecified atom stereocenters. The summed E-state index contributed by atoms with van der Waals surface area (Å²) in [6.45, 7) is 2.17. The quantitative estimate of drug-likeness (QED) is 0.894. The van der Waals surface area contributed by atoms with E-state index in [0.29, 0.717) is 17.3 Å². The Balaban J connectivity index is 2.80. The molecule has 5 heteroatoms. The van der Waals surface area contributed by atoms with Crippen LogP contribution in [0.15, 0.2) is 12.1 Å². The molecule has 0 aliphatic rings. The molecule has 0 aliphatic heterocycles. The zero-order chi connectivity index (χ0) is 12.8. The van der Waals surface area contributed by atoms with Gasteiger partial charge in [-0.15, -0.1) is 0 Å². The van der Waals surface area contributed by atoms with Gasteiger partial charge in [-0.3, -0.25) is 4.79 Å². The molecule has 1 amide bonds. The van der Waals surface area contributed by atoms with E-state index in [0.717, 1.165) is 11.1 Å². The molecular weight excluding hydrogens is 240 g/mol. The second-order valence-electron chi connectivity index (χ2n) is 3.52. The maximum Gasteiger partial charge on any atom is 0.234 e. The first-order chi connectivity index (χ1) is 8.08. The summed E-state index contributed by atoms with van der Waals surface area (Å²) in [5.41, 5.74) is 1.70. The van der Waals surface area contributed by atoms with E-state index in [1.165, 1.54) is 0 Å². The van der Waals surface area contributed by atoms with Crippen LogP contribution in [0.25, 0.3) is 0 Å². The molecule has 0 radical (unpaired) electrons. The van der Waals surface area contributed by atoms with Crippen LogP contribution in [0.5, 0.6) is 5.75 Å². The molecule has 0 saturated heterocycles. The van der Waals surface area contributed by atoms with Gasteiger partial charge >= 0.3 is 0 Å². The number of hydrogen-bond donors (Lipinski definition) is 1. The largest absolute Gasteiger partial charge is 0.496 e. The van der Waals surface area contributed by atoms with Crippen molar-refractivity contribution in [2.24, 2.45) is 0 Å². The summed E-state index contributed by atoms with van der Waals surface area (Å²) in [4.78, 5) is 11.2. The molecule has 0 atom stereocenters. The number of nitrogens with zero attached hydrogens (tertiary/aromatic N) is 1. The molecule has 1 N–H and O–H groups in total. The average molecular weight is 253 g/mol. The van der Waals surface area contributed by atoms with Crippen molar-refractivity contribution in [1.82, 2.24) is 5.32 Å². The number of nitriles is 1. The number of ether oxygens (including phenoxy) is 1. The van der Waals surface area contributed by atoms with E-state index >= 15 is 0 Å². The molecule has 1 aromatic rings. The van der Waals surface area contributed by atoms with Gasteiger partial charge in [0.1, 0.15) is 12.2 Å². The number of rotatable bonds is 4. The summed E-state index contributed by atoms with van der Waals surface area (Å²) < 4.78 is 5.20. The normalized spacial score (nSPS) is 9.53. The second kappa shape index (κ2) is 6.12. The Hall–Kier alpha value is -1.73. The summed E-state index contributed by atoms with van der Waals surface area (Å²) in [6.07, 6.45) is -0.151. The molecule has 0 fully saturated rings. The second-order valence-corrected chi connectivity index (χ2v) is 3.93. The van der Waals surface area contributed by atoms with Crippen molar-refractivity contribution in [3.63, 3.8) is 0 Å². The van der Waals surface area contributed by atoms with Gasteiger partial charge in [-0.05, 0) is 24.6 Å². The third-order valence-electron chi connectivity index (χ3n) is 2.28. The number of halogens is 1. The molecule has 0 saturated carbocycles. The number of nitrogens with one attached hydrogen (secondary N) is 1. The fourth-order valence-electron chi connectivity index (χ4n) is 1.35. The summed E-state index contributed by atoms with van der Waals surface area (Å²) in [5, 5.41) is 11.6. The van der Waals surface area contributed by atoms with E-state index in [-0.39, 0.29) is 12.3 Å². The van der Waals surface area contributed by atoms with Crippen molar-refractivity contribution < 1.29 is 9.53 Å². The lowest BCUT2D eigenvalue weighted by molar-refractivity contribution is -0.120. The molecule has 0 heterocycles. The first kappa shape index (κ1) is 13.3. The monoisotopic (exact) mass is 252 g/mol. The summed E-state index contributed by atoms with van der Waals surface area (Å²) in [7, 11) is 1.56. The zero-order valence-electron chi connectivity index (χ0n) is 9.71. The number of benzene rings is 1. The molecule has 0 bridgehead atoms. The van der Waals surface area contributed by atoms with Crippen molar-refractivity contribution in [3.8, 4) is 11.8 Å². The van der Waals surface area contributed by atoms with Crippen molar-refractivity contribution in [2.45, 2.75) is 19.9 Å². The Morgan fingerprint density at radius 1 is 1.59 bits per heavy atom. The van der Waals surface area contributed by atoms with Gasteiger partial charge in [0, 0.05) is 17.1 Å². The highest BCUT2D eigenvalue weighted by Crippen LogP contribution is 2.26. The van der Waals surface area contributed by atoms with Gasteiger partial charge in [-0.25, -0.2) is 0 Å². The topological polar surface area (TPSA) is 62.1 Å². The fourth-order valence-corrected chi connectivity index (χ4v) is 1.54. The van der Waals surface area contributed by atoms with E-state index in [1.54, 1.807) is 19.2 Å². The van der Waals surface area contributed by atoms with Crippen LogP contribution < -0.4 is 10.1 Å². The predicted octanol–water partition coefficient (Wildman–Crippen LogP) is 2.19. The highest BCUT2D eigenvalue weighted by Gasteiger charge is 2.08. The Kier molecular flexibility index (Phi) is 4.80. The average Bonchev–Trinajstić information content (AvgIpc) is 2.30. The summed E-state index contributed by atoms with van der Waals surface area (Å²) in [5.74, 6) is 0.357. The van der Waals surface area contributed by atoms with E-state index < -0.39 is 0 Å². The Morgan fingerprint density at radius 2 is 2.29 bits per heavy atom. The summed E-state index contributed by atoms with van der Waals surface area (Å²) in [6, 6.07) is 5.35. The van der Waals surface area contributed by atoms with Gasteiger partial charge in [0.15, 0.2) is 0 Å². The van der Waals surface area contributed by atoms with Gasteiger partial charge in [-0.1, -0.05) is 11.6 Å². The van der Waals surface area contributed by atoms with E-state index in [4.69, 9.17) is 21.6 Å². The minimum atomic E-state index is -0.314. The fraction of sp³-hybridized carbons (Fsp3) is 0.333. The SMILES string of the molecule is COc1cc(C)c(Cl)cc1CNC(=O)CC#N. The lowest BCUT2D eigenvalue weighted by atomic mass is 10.1. The highest BCUT2D eigenvalue weighted by atomic mass is 35.5. The lowest BCUT2D eigenvalue weighted by Crippen LogP contribution is -2.22. The number of carbonyl (C=O) groups is 1. The van der Waals surface area contributed by atoms with Crippen molar-refractivity contribution in [2.75, 3.05) is 7.11 Å². The molecular formula is C12H13ClN2O2. The highest BCUT2D eigenvalue weighted by molar-refractivity contribution is 6.31. The number of hydrogen-bond acceptors (Lipinski definition) is 3. The third kappa shape index (κ3) is 3.65. The van der Waals surface area contributed by atoms with Gasteiger partial charge in [-0.2, -0.15) is 5.26 Å². The minimum absolute atomic E-state index is 0.151. The van der Waals surface area contributed by atoms with Crippen LogP contribution in [-0.4, -0.2) is 13.0 Å². The van der Waals surface area contributed by atoms with Crippen molar-refractivity contribution in [3.05, 3.63) is 28.3 Å². The molecule has 1 aromatic carbocycles. The van der Waals surface area contributed by atoms with Crippen LogP contribution >= 0.6 is 11.6 Å². The first-order valence-electron chi connectivity index (χ1n) is 5.05. The molecule has 1 rings (SSSR count). The molecule has 4 nitrogen and oxygen atoms in total. The van der Waals surface area contributed by atoms with Crippen LogP contribution in [0.2, 0.25) is 5.02 Å². The van der Waals surface area contributed by atoms with Gasteiger partial charge < -0.3 is 10.1 Å². The van der Waals surface area contributed by atoms with Crippen LogP contribution in [0.3, 0.4) is 0 Å².